The predicted molar refractivity (Wildman–Crippen MR) is 95.6 cm³/mol. The molecule has 0 saturated carbocycles. The molecular weight excluding hydrogens is 334 g/mol. The topological polar surface area (TPSA) is 81.7 Å². The zero-order chi connectivity index (χ0) is 18.8. The molecule has 2 aromatic rings. The molecule has 0 heterocycles. The fourth-order valence-corrected chi connectivity index (χ4v) is 2.24. The maximum Gasteiger partial charge on any atom is 0.308 e. The summed E-state index contributed by atoms with van der Waals surface area (Å²) in [5.74, 6) is -0.964. The van der Waals surface area contributed by atoms with Crippen LogP contribution in [-0.4, -0.2) is 24.4 Å². The summed E-state index contributed by atoms with van der Waals surface area (Å²) in [6.07, 6.45) is 0.661. The minimum atomic E-state index is -0.494. The Balaban J connectivity index is 1.72. The molecule has 1 amide bonds. The first-order valence-electron chi connectivity index (χ1n) is 8.31. The van der Waals surface area contributed by atoms with Crippen LogP contribution in [0.4, 0.5) is 0 Å². The third kappa shape index (κ3) is 6.39. The molecular formula is C20H21NO5. The van der Waals surface area contributed by atoms with Gasteiger partial charge in [-0.2, -0.15) is 0 Å². The van der Waals surface area contributed by atoms with Gasteiger partial charge in [0.2, 0.25) is 0 Å². The van der Waals surface area contributed by atoms with Gasteiger partial charge in [-0.1, -0.05) is 42.5 Å². The fourth-order valence-electron chi connectivity index (χ4n) is 2.24. The lowest BCUT2D eigenvalue weighted by Crippen LogP contribution is -2.25. The molecule has 0 aliphatic carbocycles. The highest BCUT2D eigenvalue weighted by atomic mass is 16.5. The number of hydrogen-bond donors (Lipinski definition) is 1. The number of rotatable bonds is 8. The van der Waals surface area contributed by atoms with Gasteiger partial charge in [0.15, 0.2) is 0 Å². The average Bonchev–Trinajstić information content (AvgIpc) is 2.64. The van der Waals surface area contributed by atoms with Crippen LogP contribution in [0.15, 0.2) is 54.6 Å². The molecule has 136 valence electrons. The van der Waals surface area contributed by atoms with Gasteiger partial charge in [0.05, 0.1) is 5.56 Å². The third-order valence-electron chi connectivity index (χ3n) is 3.47. The molecule has 0 fully saturated rings. The Morgan fingerprint density at radius 3 is 2.38 bits per heavy atom. The van der Waals surface area contributed by atoms with Crippen LogP contribution in [0.25, 0.3) is 0 Å². The molecule has 0 bridgehead atoms. The van der Waals surface area contributed by atoms with Crippen molar-refractivity contribution in [2.75, 3.05) is 6.54 Å². The van der Waals surface area contributed by atoms with Crippen LogP contribution in [-0.2, 0) is 20.9 Å². The molecule has 2 aromatic carbocycles. The Kier molecular flexibility index (Phi) is 7.36. The van der Waals surface area contributed by atoms with E-state index in [2.05, 4.69) is 5.32 Å². The lowest BCUT2D eigenvalue weighted by Gasteiger charge is -2.09. The SMILES string of the molecule is CC(=O)Oc1ccccc1C(=O)NCCCC(=O)OCc1ccccc1. The van der Waals surface area contributed by atoms with E-state index in [0.29, 0.717) is 13.0 Å². The Bertz CT molecular complexity index is 758. The summed E-state index contributed by atoms with van der Waals surface area (Å²) in [6.45, 7) is 1.82. The van der Waals surface area contributed by atoms with E-state index in [4.69, 9.17) is 9.47 Å². The molecule has 6 heteroatoms. The summed E-state index contributed by atoms with van der Waals surface area (Å²) >= 11 is 0. The summed E-state index contributed by atoms with van der Waals surface area (Å²) in [5, 5.41) is 2.70. The maximum absolute atomic E-state index is 12.2. The summed E-state index contributed by atoms with van der Waals surface area (Å²) in [4.78, 5) is 35.0. The Labute approximate surface area is 152 Å². The summed E-state index contributed by atoms with van der Waals surface area (Å²) in [7, 11) is 0. The van der Waals surface area contributed by atoms with E-state index in [9.17, 15) is 14.4 Å². The van der Waals surface area contributed by atoms with Crippen molar-refractivity contribution in [1.29, 1.82) is 0 Å². The Morgan fingerprint density at radius 2 is 1.65 bits per heavy atom. The zero-order valence-corrected chi connectivity index (χ0v) is 14.6. The first kappa shape index (κ1) is 19.2. The number of hydrogen-bond acceptors (Lipinski definition) is 5. The van der Waals surface area contributed by atoms with Crippen molar-refractivity contribution in [3.8, 4) is 5.75 Å². The molecule has 2 rings (SSSR count). The van der Waals surface area contributed by atoms with Crippen LogP contribution < -0.4 is 10.1 Å². The van der Waals surface area contributed by atoms with E-state index in [1.165, 1.54) is 6.92 Å². The van der Waals surface area contributed by atoms with Crippen LogP contribution in [0.3, 0.4) is 0 Å². The second-order valence-electron chi connectivity index (χ2n) is 5.60. The summed E-state index contributed by atoms with van der Waals surface area (Å²) in [5.41, 5.74) is 1.20. The standard InChI is InChI=1S/C20H21NO5/c1-15(22)26-18-11-6-5-10-17(18)20(24)21-13-7-12-19(23)25-14-16-8-3-2-4-9-16/h2-6,8-11H,7,12-14H2,1H3,(H,21,24). The van der Waals surface area contributed by atoms with E-state index in [-0.39, 0.29) is 36.2 Å². The van der Waals surface area contributed by atoms with Crippen LogP contribution in [0.5, 0.6) is 5.75 Å². The van der Waals surface area contributed by atoms with Gasteiger partial charge >= 0.3 is 11.9 Å². The molecule has 6 nitrogen and oxygen atoms in total. The molecule has 0 spiro atoms. The van der Waals surface area contributed by atoms with Gasteiger partial charge < -0.3 is 14.8 Å². The minimum Gasteiger partial charge on any atom is -0.461 e. The Hall–Kier alpha value is -3.15. The van der Waals surface area contributed by atoms with E-state index in [1.54, 1.807) is 24.3 Å². The van der Waals surface area contributed by atoms with Crippen molar-refractivity contribution in [1.82, 2.24) is 5.32 Å². The van der Waals surface area contributed by atoms with Crippen molar-refractivity contribution >= 4 is 17.8 Å². The van der Waals surface area contributed by atoms with E-state index in [1.807, 2.05) is 30.3 Å². The van der Waals surface area contributed by atoms with Crippen molar-refractivity contribution in [2.24, 2.45) is 0 Å². The quantitative estimate of drug-likeness (QED) is 0.447. The summed E-state index contributed by atoms with van der Waals surface area (Å²) in [6, 6.07) is 15.9. The number of carbonyl (C=O) groups is 3. The van der Waals surface area contributed by atoms with Crippen molar-refractivity contribution in [3.63, 3.8) is 0 Å². The van der Waals surface area contributed by atoms with Crippen molar-refractivity contribution in [2.45, 2.75) is 26.4 Å². The summed E-state index contributed by atoms with van der Waals surface area (Å²) < 4.78 is 10.2. The molecule has 0 atom stereocenters. The van der Waals surface area contributed by atoms with Gasteiger partial charge in [-0.25, -0.2) is 0 Å². The first-order chi connectivity index (χ1) is 12.6. The lowest BCUT2D eigenvalue weighted by atomic mass is 10.2. The highest BCUT2D eigenvalue weighted by Crippen LogP contribution is 2.17. The van der Waals surface area contributed by atoms with Crippen molar-refractivity contribution in [3.05, 3.63) is 65.7 Å². The van der Waals surface area contributed by atoms with Gasteiger partial charge in [-0.3, -0.25) is 14.4 Å². The average molecular weight is 355 g/mol. The van der Waals surface area contributed by atoms with Gasteiger partial charge in [0.25, 0.3) is 5.91 Å². The zero-order valence-electron chi connectivity index (χ0n) is 14.6. The van der Waals surface area contributed by atoms with E-state index in [0.717, 1.165) is 5.56 Å². The highest BCUT2D eigenvalue weighted by Gasteiger charge is 2.13. The second kappa shape index (κ2) is 9.98. The van der Waals surface area contributed by atoms with Crippen LogP contribution in [0.1, 0.15) is 35.7 Å². The number of esters is 2. The number of para-hydroxylation sites is 1. The maximum atomic E-state index is 12.2. The van der Waals surface area contributed by atoms with Gasteiger partial charge in [0.1, 0.15) is 12.4 Å². The second-order valence-corrected chi connectivity index (χ2v) is 5.60. The molecule has 0 aliphatic rings. The number of amides is 1. The van der Waals surface area contributed by atoms with Gasteiger partial charge in [-0.05, 0) is 24.1 Å². The molecule has 0 aliphatic heterocycles. The van der Waals surface area contributed by atoms with E-state index >= 15 is 0 Å². The van der Waals surface area contributed by atoms with Crippen LogP contribution >= 0.6 is 0 Å². The first-order valence-corrected chi connectivity index (χ1v) is 8.31. The molecule has 0 saturated heterocycles. The molecule has 0 unspecified atom stereocenters. The monoisotopic (exact) mass is 355 g/mol. The number of ether oxygens (including phenoxy) is 2. The molecule has 26 heavy (non-hydrogen) atoms. The highest BCUT2D eigenvalue weighted by molar-refractivity contribution is 5.97. The molecule has 1 N–H and O–H groups in total. The van der Waals surface area contributed by atoms with E-state index < -0.39 is 5.97 Å². The smallest absolute Gasteiger partial charge is 0.308 e. The van der Waals surface area contributed by atoms with Gasteiger partial charge in [-0.15, -0.1) is 0 Å². The predicted octanol–water partition coefficient (Wildman–Crippen LogP) is 2.87. The number of benzene rings is 2. The molecule has 0 aromatic heterocycles. The van der Waals surface area contributed by atoms with Crippen LogP contribution in [0, 0.1) is 0 Å². The van der Waals surface area contributed by atoms with Gasteiger partial charge in [0, 0.05) is 19.9 Å². The van der Waals surface area contributed by atoms with Crippen LogP contribution in [0.2, 0.25) is 0 Å². The number of carbonyl (C=O) groups excluding carboxylic acids is 3. The third-order valence-corrected chi connectivity index (χ3v) is 3.47. The number of nitrogens with one attached hydrogen (secondary N) is 1. The largest absolute Gasteiger partial charge is 0.461 e. The fraction of sp³-hybridized carbons (Fsp3) is 0.250. The normalized spacial score (nSPS) is 10.0. The van der Waals surface area contributed by atoms with Crippen molar-refractivity contribution < 1.29 is 23.9 Å². The minimum absolute atomic E-state index is 0.207. The lowest BCUT2D eigenvalue weighted by molar-refractivity contribution is -0.145. The Morgan fingerprint density at radius 1 is 0.962 bits per heavy atom. The molecule has 0 radical (unpaired) electrons.